The van der Waals surface area contributed by atoms with Gasteiger partial charge >= 0.3 is 0 Å². The van der Waals surface area contributed by atoms with Crippen LogP contribution in [0.25, 0.3) is 0 Å². The first-order valence-electron chi connectivity index (χ1n) is 3.31. The minimum atomic E-state index is -0.622. The van der Waals surface area contributed by atoms with Gasteiger partial charge < -0.3 is 0 Å². The van der Waals surface area contributed by atoms with Crippen LogP contribution in [0.2, 0.25) is 0 Å². The highest BCUT2D eigenvalue weighted by Crippen LogP contribution is 2.10. The lowest BCUT2D eigenvalue weighted by molar-refractivity contribution is -0.445. The van der Waals surface area contributed by atoms with Crippen LogP contribution in [0, 0.1) is 24.0 Å². The Kier molecular flexibility index (Phi) is 2.18. The Labute approximate surface area is 68.7 Å². The molecule has 0 radical (unpaired) electrons. The summed E-state index contributed by atoms with van der Waals surface area (Å²) >= 11 is 0. The quantitative estimate of drug-likeness (QED) is 0.519. The maximum Gasteiger partial charge on any atom is 0.162 e. The number of nitrogens with one attached hydrogen (secondary N) is 1. The molecule has 1 aromatic heterocycles. The lowest BCUT2D eigenvalue weighted by Crippen LogP contribution is -2.10. The molecule has 0 aliphatic heterocycles. The van der Waals surface area contributed by atoms with E-state index in [0.717, 1.165) is 0 Å². The highest BCUT2D eigenvalue weighted by molar-refractivity contribution is 5.44. The summed E-state index contributed by atoms with van der Waals surface area (Å²) in [6, 6.07) is 1.57. The van der Waals surface area contributed by atoms with Crippen LogP contribution in [-0.4, -0.2) is 15.2 Å². The van der Waals surface area contributed by atoms with Crippen LogP contribution in [0.15, 0.2) is 6.07 Å². The number of nitrogens with zero attached hydrogens (tertiary/aromatic N) is 3. The maximum atomic E-state index is 10.1. The summed E-state index contributed by atoms with van der Waals surface area (Å²) in [5, 5.41) is 16.9. The molecule has 64 valence electrons. The van der Waals surface area contributed by atoms with Crippen LogP contribution in [-0.2, 0) is 0 Å². The summed E-state index contributed by atoms with van der Waals surface area (Å²) in [6.07, 6.45) is 0. The molecule has 0 atom stereocenters. The fourth-order valence-corrected chi connectivity index (χ4v) is 0.761. The summed E-state index contributed by atoms with van der Waals surface area (Å²) in [7, 11) is 0. The second-order valence-corrected chi connectivity index (χ2v) is 2.35. The number of nitro groups is 1. The van der Waals surface area contributed by atoms with Gasteiger partial charge in [0.1, 0.15) is 5.69 Å². The Morgan fingerprint density at radius 2 is 2.17 bits per heavy atom. The molecule has 6 heteroatoms. The van der Waals surface area contributed by atoms with Gasteiger partial charge in [-0.3, -0.25) is 0 Å². The van der Waals surface area contributed by atoms with Crippen molar-refractivity contribution in [1.82, 2.24) is 10.2 Å². The predicted molar refractivity (Wildman–Crippen MR) is 42.1 cm³/mol. The minimum absolute atomic E-state index is 0.382. The Balaban J connectivity index is 2.97. The van der Waals surface area contributed by atoms with Crippen molar-refractivity contribution in [1.29, 1.82) is 0 Å². The van der Waals surface area contributed by atoms with E-state index in [0.29, 0.717) is 17.1 Å². The summed E-state index contributed by atoms with van der Waals surface area (Å²) in [5.74, 6) is 0. The molecule has 0 aliphatic carbocycles. The molecule has 1 rings (SSSR count). The molecule has 0 spiro atoms. The second-order valence-electron chi connectivity index (χ2n) is 2.35. The molecule has 0 aromatic carbocycles. The Bertz CT molecular complexity index is 312. The topological polar surface area (TPSA) is 81.0 Å². The van der Waals surface area contributed by atoms with Crippen LogP contribution < -0.4 is 5.43 Å². The van der Waals surface area contributed by atoms with Crippen LogP contribution in [0.3, 0.4) is 0 Å². The van der Waals surface area contributed by atoms with E-state index in [-0.39, 0.29) is 0 Å². The number of hydrogen-bond donors (Lipinski definition) is 1. The van der Waals surface area contributed by atoms with Crippen molar-refractivity contribution in [2.45, 2.75) is 13.8 Å². The lowest BCUT2D eigenvalue weighted by atomic mass is 10.3. The molecule has 0 amide bonds. The molecular formula is C6H8N4O2. The average Bonchev–Trinajstić information content (AvgIpc) is 1.96. The molecule has 1 aromatic rings. The fraction of sp³-hybridized carbons (Fsp3) is 0.333. The number of aryl methyl sites for hydroxylation is 2. The lowest BCUT2D eigenvalue weighted by Gasteiger charge is -2.00. The van der Waals surface area contributed by atoms with Gasteiger partial charge in [-0.1, -0.05) is 0 Å². The van der Waals surface area contributed by atoms with Crippen molar-refractivity contribution < 1.29 is 5.03 Å². The third-order valence-corrected chi connectivity index (χ3v) is 1.31. The SMILES string of the molecule is Cc1cc(N[N+](=O)[O-])c(C)nn1. The zero-order valence-electron chi connectivity index (χ0n) is 6.74. The molecule has 1 N–H and O–H groups in total. The van der Waals surface area contributed by atoms with Crippen molar-refractivity contribution in [3.8, 4) is 0 Å². The smallest absolute Gasteiger partial charge is 0.162 e. The first-order valence-corrected chi connectivity index (χ1v) is 3.31. The molecular weight excluding hydrogens is 160 g/mol. The van der Waals surface area contributed by atoms with E-state index in [1.165, 1.54) is 0 Å². The Morgan fingerprint density at radius 3 is 2.75 bits per heavy atom. The molecule has 0 fully saturated rings. The van der Waals surface area contributed by atoms with E-state index in [2.05, 4.69) is 10.2 Å². The van der Waals surface area contributed by atoms with Crippen LogP contribution in [0.1, 0.15) is 11.4 Å². The first kappa shape index (κ1) is 8.38. The van der Waals surface area contributed by atoms with Gasteiger partial charge in [0.25, 0.3) is 0 Å². The summed E-state index contributed by atoms with van der Waals surface area (Å²) in [5.41, 5.74) is 3.57. The Hall–Kier alpha value is -1.72. The van der Waals surface area contributed by atoms with Gasteiger partial charge in [-0.25, -0.2) is 10.1 Å². The highest BCUT2D eigenvalue weighted by Gasteiger charge is 2.04. The fourth-order valence-electron chi connectivity index (χ4n) is 0.761. The van der Waals surface area contributed by atoms with Gasteiger partial charge in [0.2, 0.25) is 0 Å². The van der Waals surface area contributed by atoms with E-state index in [1.807, 2.05) is 5.43 Å². The monoisotopic (exact) mass is 168 g/mol. The molecule has 12 heavy (non-hydrogen) atoms. The van der Waals surface area contributed by atoms with Crippen molar-refractivity contribution in [3.63, 3.8) is 0 Å². The van der Waals surface area contributed by atoms with Crippen molar-refractivity contribution in [3.05, 3.63) is 27.6 Å². The summed E-state index contributed by atoms with van der Waals surface area (Å²) < 4.78 is 0. The van der Waals surface area contributed by atoms with E-state index in [4.69, 9.17) is 0 Å². The molecule has 0 saturated carbocycles. The standard InChI is InChI=1S/C6H8N4O2/c1-4-3-6(9-10(11)12)5(2)8-7-4/h3H,1-2H3,(H,7,9). The molecule has 0 saturated heterocycles. The van der Waals surface area contributed by atoms with E-state index in [9.17, 15) is 10.1 Å². The highest BCUT2D eigenvalue weighted by atomic mass is 16.7. The van der Waals surface area contributed by atoms with Crippen LogP contribution >= 0.6 is 0 Å². The van der Waals surface area contributed by atoms with Crippen LogP contribution in [0.4, 0.5) is 5.69 Å². The Morgan fingerprint density at radius 1 is 1.50 bits per heavy atom. The van der Waals surface area contributed by atoms with Gasteiger partial charge in [0.15, 0.2) is 5.03 Å². The second kappa shape index (κ2) is 3.12. The molecule has 0 bridgehead atoms. The number of hydrazine groups is 1. The number of hydrogen-bond acceptors (Lipinski definition) is 4. The molecule has 6 nitrogen and oxygen atoms in total. The van der Waals surface area contributed by atoms with Crippen molar-refractivity contribution in [2.75, 3.05) is 5.43 Å². The molecule has 0 aliphatic rings. The number of aromatic nitrogens is 2. The number of rotatable bonds is 2. The largest absolute Gasteiger partial charge is 0.235 e. The van der Waals surface area contributed by atoms with Gasteiger partial charge in [-0.2, -0.15) is 10.2 Å². The van der Waals surface area contributed by atoms with Gasteiger partial charge in [-0.05, 0) is 19.9 Å². The van der Waals surface area contributed by atoms with Gasteiger partial charge in [0.05, 0.1) is 11.4 Å². The van der Waals surface area contributed by atoms with E-state index >= 15 is 0 Å². The first-order chi connectivity index (χ1) is 5.59. The van der Waals surface area contributed by atoms with Gasteiger partial charge in [0, 0.05) is 0 Å². The van der Waals surface area contributed by atoms with Crippen molar-refractivity contribution in [2.24, 2.45) is 0 Å². The summed E-state index contributed by atoms with van der Waals surface area (Å²) in [4.78, 5) is 10.1. The van der Waals surface area contributed by atoms with Gasteiger partial charge in [-0.15, -0.1) is 5.43 Å². The predicted octanol–water partition coefficient (Wildman–Crippen LogP) is 0.697. The normalized spacial score (nSPS) is 9.50. The summed E-state index contributed by atoms with van der Waals surface area (Å²) in [6.45, 7) is 3.37. The minimum Gasteiger partial charge on any atom is -0.235 e. The van der Waals surface area contributed by atoms with Crippen molar-refractivity contribution >= 4 is 5.69 Å². The number of anilines is 1. The molecule has 1 heterocycles. The van der Waals surface area contributed by atoms with E-state index < -0.39 is 5.03 Å². The van der Waals surface area contributed by atoms with Crippen LogP contribution in [0.5, 0.6) is 0 Å². The third kappa shape index (κ3) is 1.88. The maximum absolute atomic E-state index is 10.1. The molecule has 0 unspecified atom stereocenters. The zero-order valence-corrected chi connectivity index (χ0v) is 6.74. The third-order valence-electron chi connectivity index (χ3n) is 1.31. The van der Waals surface area contributed by atoms with E-state index in [1.54, 1.807) is 19.9 Å². The average molecular weight is 168 g/mol. The zero-order chi connectivity index (χ0) is 9.14.